The first kappa shape index (κ1) is 22.6. The lowest BCUT2D eigenvalue weighted by Crippen LogP contribution is -2.24. The van der Waals surface area contributed by atoms with Crippen molar-refractivity contribution in [1.82, 2.24) is 0 Å². The van der Waals surface area contributed by atoms with Crippen molar-refractivity contribution in [2.45, 2.75) is 78.4 Å². The lowest BCUT2D eigenvalue weighted by Gasteiger charge is -2.35. The highest BCUT2D eigenvalue weighted by atomic mass is 31.1. The normalized spacial score (nSPS) is 14.8. The average molecular weight is 398 g/mol. The quantitative estimate of drug-likeness (QED) is 0.412. The van der Waals surface area contributed by atoms with E-state index in [1.165, 1.54) is 16.4 Å². The number of hydrogen-bond acceptors (Lipinski definition) is 2. The van der Waals surface area contributed by atoms with Crippen LogP contribution in [0.3, 0.4) is 0 Å². The lowest BCUT2D eigenvalue weighted by atomic mass is 9.88. The minimum Gasteiger partial charge on any atom is -0.507 e. The fraction of sp³-hybridized carbons (Fsp3) is 0.480. The van der Waals surface area contributed by atoms with E-state index in [-0.39, 0.29) is 10.7 Å². The summed E-state index contributed by atoms with van der Waals surface area (Å²) in [5.41, 5.74) is 4.39. The molecule has 2 aromatic rings. The highest BCUT2D eigenvalue weighted by Gasteiger charge is 2.33. The molecule has 0 radical (unpaired) electrons. The van der Waals surface area contributed by atoms with Crippen molar-refractivity contribution in [2.75, 3.05) is 0 Å². The van der Waals surface area contributed by atoms with Crippen molar-refractivity contribution in [3.8, 4) is 5.75 Å². The molecule has 2 aromatic carbocycles. The first-order valence-electron chi connectivity index (χ1n) is 10.3. The molecule has 3 heteroatoms. The number of nitrogens with zero attached hydrogens (tertiary/aromatic N) is 1. The van der Waals surface area contributed by atoms with Crippen LogP contribution in [-0.4, -0.2) is 16.9 Å². The molecule has 0 aliphatic heterocycles. The Morgan fingerprint density at radius 3 is 2.36 bits per heavy atom. The summed E-state index contributed by atoms with van der Waals surface area (Å²) in [6.07, 6.45) is 5.17. The maximum absolute atomic E-state index is 11.0. The van der Waals surface area contributed by atoms with Crippen LogP contribution in [-0.2, 0) is 5.16 Å². The zero-order valence-corrected chi connectivity index (χ0v) is 19.6. The molecule has 0 aromatic heterocycles. The van der Waals surface area contributed by atoms with Crippen LogP contribution < -0.4 is 5.30 Å². The number of aromatic hydroxyl groups is 1. The highest BCUT2D eigenvalue weighted by molar-refractivity contribution is 7.48. The van der Waals surface area contributed by atoms with Gasteiger partial charge in [-0.1, -0.05) is 70.8 Å². The number of hydrogen-bond donors (Lipinski definition) is 1. The zero-order chi connectivity index (χ0) is 20.9. The second-order valence-electron chi connectivity index (χ2n) is 8.80. The monoisotopic (exact) mass is 397 g/mol. The summed E-state index contributed by atoms with van der Waals surface area (Å²) < 4.78 is 0. The van der Waals surface area contributed by atoms with Gasteiger partial charge in [0.1, 0.15) is 5.75 Å². The van der Waals surface area contributed by atoms with Crippen LogP contribution in [0.25, 0.3) is 0 Å². The smallest absolute Gasteiger partial charge is 0.122 e. The SMILES string of the molecule is CCCC(CC)(Pc1ccccc1/C=N/C(C)(C)C)c1cc(C)cc(C)c1O. The predicted molar refractivity (Wildman–Crippen MR) is 126 cm³/mol. The maximum Gasteiger partial charge on any atom is 0.122 e. The number of benzene rings is 2. The molecule has 2 atom stereocenters. The molecule has 0 amide bonds. The van der Waals surface area contributed by atoms with Crippen molar-refractivity contribution in [3.63, 3.8) is 0 Å². The fourth-order valence-corrected chi connectivity index (χ4v) is 5.58. The molecule has 1 N–H and O–H groups in total. The van der Waals surface area contributed by atoms with E-state index in [1.807, 2.05) is 13.1 Å². The molecule has 0 heterocycles. The molecule has 0 saturated carbocycles. The van der Waals surface area contributed by atoms with Gasteiger partial charge in [0.15, 0.2) is 0 Å². The zero-order valence-electron chi connectivity index (χ0n) is 18.6. The fourth-order valence-electron chi connectivity index (χ4n) is 3.72. The molecule has 0 aliphatic carbocycles. The summed E-state index contributed by atoms with van der Waals surface area (Å²) in [6, 6.07) is 12.8. The molecule has 0 spiro atoms. The third kappa shape index (κ3) is 5.45. The molecule has 0 fully saturated rings. The second kappa shape index (κ2) is 9.23. The molecular formula is C25H36NOP. The van der Waals surface area contributed by atoms with Gasteiger partial charge < -0.3 is 5.11 Å². The Morgan fingerprint density at radius 2 is 1.75 bits per heavy atom. The van der Waals surface area contributed by atoms with E-state index in [0.717, 1.165) is 30.4 Å². The highest BCUT2D eigenvalue weighted by Crippen LogP contribution is 2.51. The third-order valence-corrected chi connectivity index (χ3v) is 7.24. The summed E-state index contributed by atoms with van der Waals surface area (Å²) in [5.74, 6) is 0.467. The summed E-state index contributed by atoms with van der Waals surface area (Å²) >= 11 is 0. The van der Waals surface area contributed by atoms with Crippen LogP contribution in [0, 0.1) is 13.8 Å². The van der Waals surface area contributed by atoms with E-state index >= 15 is 0 Å². The Hall–Kier alpha value is -1.66. The summed E-state index contributed by atoms with van der Waals surface area (Å²) in [6.45, 7) is 15.0. The maximum atomic E-state index is 11.0. The first-order chi connectivity index (χ1) is 13.1. The lowest BCUT2D eigenvalue weighted by molar-refractivity contribution is 0.438. The van der Waals surface area contributed by atoms with Gasteiger partial charge in [-0.25, -0.2) is 0 Å². The number of phenols is 1. The Bertz CT molecular complexity index is 835. The Labute approximate surface area is 173 Å². The van der Waals surface area contributed by atoms with Gasteiger partial charge in [-0.15, -0.1) is 0 Å². The molecule has 152 valence electrons. The van der Waals surface area contributed by atoms with Crippen LogP contribution in [0.5, 0.6) is 5.75 Å². The largest absolute Gasteiger partial charge is 0.507 e. The predicted octanol–water partition coefficient (Wildman–Crippen LogP) is 6.64. The number of rotatable bonds is 7. The van der Waals surface area contributed by atoms with Crippen molar-refractivity contribution in [2.24, 2.45) is 4.99 Å². The molecule has 2 nitrogen and oxygen atoms in total. The Balaban J connectivity index is 2.57. The van der Waals surface area contributed by atoms with Gasteiger partial charge in [-0.3, -0.25) is 4.99 Å². The molecule has 0 bridgehead atoms. The minimum absolute atomic E-state index is 0.0543. The molecular weight excluding hydrogens is 361 g/mol. The van der Waals surface area contributed by atoms with E-state index < -0.39 is 0 Å². The van der Waals surface area contributed by atoms with Crippen LogP contribution in [0.2, 0.25) is 0 Å². The number of aryl methyl sites for hydroxylation is 2. The number of aliphatic imine (C=N–C) groups is 1. The molecule has 0 aliphatic rings. The second-order valence-corrected chi connectivity index (χ2v) is 10.6. The van der Waals surface area contributed by atoms with Crippen LogP contribution in [0.1, 0.15) is 76.1 Å². The van der Waals surface area contributed by atoms with Crippen molar-refractivity contribution >= 4 is 20.1 Å². The van der Waals surface area contributed by atoms with Crippen molar-refractivity contribution in [1.29, 1.82) is 0 Å². The Morgan fingerprint density at radius 1 is 1.07 bits per heavy atom. The van der Waals surface area contributed by atoms with Gasteiger partial charge >= 0.3 is 0 Å². The van der Waals surface area contributed by atoms with Crippen LogP contribution in [0.15, 0.2) is 41.4 Å². The van der Waals surface area contributed by atoms with Crippen molar-refractivity contribution in [3.05, 3.63) is 58.7 Å². The molecule has 2 unspecified atom stereocenters. The van der Waals surface area contributed by atoms with Gasteiger partial charge in [-0.2, -0.15) is 0 Å². The van der Waals surface area contributed by atoms with Gasteiger partial charge in [0.2, 0.25) is 0 Å². The minimum atomic E-state index is -0.0899. The summed E-state index contributed by atoms with van der Waals surface area (Å²) in [7, 11) is 0.580. The van der Waals surface area contributed by atoms with Gasteiger partial charge in [-0.05, 0) is 63.9 Å². The topological polar surface area (TPSA) is 32.6 Å². The van der Waals surface area contributed by atoms with Gasteiger partial charge in [0.25, 0.3) is 0 Å². The molecule has 0 saturated heterocycles. The summed E-state index contributed by atoms with van der Waals surface area (Å²) in [4.78, 5) is 4.74. The van der Waals surface area contributed by atoms with Crippen LogP contribution >= 0.6 is 8.58 Å². The van der Waals surface area contributed by atoms with Crippen molar-refractivity contribution < 1.29 is 5.11 Å². The number of phenolic OH excluding ortho intramolecular Hbond substituents is 1. The average Bonchev–Trinajstić information content (AvgIpc) is 2.63. The summed E-state index contributed by atoms with van der Waals surface area (Å²) in [5, 5.41) is 12.2. The van der Waals surface area contributed by atoms with E-state index in [2.05, 4.69) is 77.9 Å². The molecule has 28 heavy (non-hydrogen) atoms. The van der Waals surface area contributed by atoms with E-state index in [4.69, 9.17) is 4.99 Å². The first-order valence-corrected chi connectivity index (χ1v) is 11.3. The van der Waals surface area contributed by atoms with E-state index in [9.17, 15) is 5.11 Å². The molecule has 2 rings (SSSR count). The Kier molecular flexibility index (Phi) is 7.46. The standard InChI is InChI=1S/C25H36NOP/c1-8-14-25(9-2,21-16-18(3)15-19(4)23(21)27)28-22-13-11-10-12-20(22)17-26-24(5,6)7/h10-13,15-17,27-28H,8-9,14H2,1-7H3/b26-17+. The third-order valence-electron chi connectivity index (χ3n) is 5.17. The van der Waals surface area contributed by atoms with Gasteiger partial charge in [0, 0.05) is 16.9 Å². The van der Waals surface area contributed by atoms with Gasteiger partial charge in [0.05, 0.1) is 5.54 Å². The van der Waals surface area contributed by atoms with E-state index in [0.29, 0.717) is 14.3 Å². The van der Waals surface area contributed by atoms with Crippen LogP contribution in [0.4, 0.5) is 0 Å². The van der Waals surface area contributed by atoms with E-state index in [1.54, 1.807) is 0 Å².